The molecule has 0 radical (unpaired) electrons. The van der Waals surface area contributed by atoms with Gasteiger partial charge in [0.1, 0.15) is 5.82 Å². The zero-order valence-corrected chi connectivity index (χ0v) is 13.0. The largest absolute Gasteiger partial charge is 0.416 e. The summed E-state index contributed by atoms with van der Waals surface area (Å²) < 4.78 is 78.8. The van der Waals surface area contributed by atoms with Crippen molar-refractivity contribution in [3.05, 3.63) is 47.0 Å². The van der Waals surface area contributed by atoms with Crippen molar-refractivity contribution in [3.8, 4) is 0 Å². The summed E-state index contributed by atoms with van der Waals surface area (Å²) in [4.78, 5) is -0.759. The summed E-state index contributed by atoms with van der Waals surface area (Å²) in [6.45, 7) is 0. The number of aromatic nitrogens is 2. The molecule has 0 fully saturated rings. The lowest BCUT2D eigenvalue weighted by Gasteiger charge is -2.23. The Kier molecular flexibility index (Phi) is 4.12. The molecule has 2 N–H and O–H groups in total. The molecule has 0 amide bonds. The van der Waals surface area contributed by atoms with Crippen molar-refractivity contribution in [3.63, 3.8) is 0 Å². The molecule has 1 aliphatic carbocycles. The number of benzene rings is 1. The molecule has 0 spiro atoms. The summed E-state index contributed by atoms with van der Waals surface area (Å²) >= 11 is 0. The fraction of sp³-hybridized carbons (Fsp3) is 0.357. The third-order valence-corrected chi connectivity index (χ3v) is 5.30. The van der Waals surface area contributed by atoms with Crippen LogP contribution in [0.1, 0.15) is 35.7 Å². The van der Waals surface area contributed by atoms with Crippen LogP contribution in [0.4, 0.5) is 17.6 Å². The Labute approximate surface area is 135 Å². The number of hydrogen-bond acceptors (Lipinski definition) is 3. The van der Waals surface area contributed by atoms with Gasteiger partial charge in [-0.25, -0.2) is 17.5 Å². The van der Waals surface area contributed by atoms with Crippen LogP contribution in [0, 0.1) is 5.82 Å². The lowest BCUT2D eigenvalue weighted by molar-refractivity contribution is -0.137. The van der Waals surface area contributed by atoms with Crippen molar-refractivity contribution in [2.45, 2.75) is 36.4 Å². The fourth-order valence-corrected chi connectivity index (χ4v) is 4.03. The monoisotopic (exact) mass is 363 g/mol. The van der Waals surface area contributed by atoms with E-state index in [1.165, 1.54) is 6.20 Å². The lowest BCUT2D eigenvalue weighted by atomic mass is 9.94. The second kappa shape index (κ2) is 5.85. The predicted molar refractivity (Wildman–Crippen MR) is 76.0 cm³/mol. The highest BCUT2D eigenvalue weighted by Crippen LogP contribution is 2.33. The summed E-state index contributed by atoms with van der Waals surface area (Å²) in [7, 11) is -4.32. The third kappa shape index (κ3) is 3.29. The van der Waals surface area contributed by atoms with E-state index in [1.807, 2.05) is 0 Å². The van der Waals surface area contributed by atoms with Gasteiger partial charge in [0.15, 0.2) is 0 Å². The van der Waals surface area contributed by atoms with Gasteiger partial charge >= 0.3 is 6.18 Å². The van der Waals surface area contributed by atoms with E-state index in [1.54, 1.807) is 0 Å². The zero-order chi connectivity index (χ0) is 17.5. The molecule has 1 aliphatic rings. The van der Waals surface area contributed by atoms with Gasteiger partial charge in [0.2, 0.25) is 10.0 Å². The van der Waals surface area contributed by atoms with Gasteiger partial charge in [0.05, 0.1) is 22.7 Å². The number of fused-ring (bicyclic) bond motifs is 1. The fourth-order valence-electron chi connectivity index (χ4n) is 2.72. The Morgan fingerprint density at radius 3 is 2.71 bits per heavy atom. The van der Waals surface area contributed by atoms with Gasteiger partial charge in [-0.2, -0.15) is 18.3 Å². The Morgan fingerprint density at radius 1 is 1.25 bits per heavy atom. The van der Waals surface area contributed by atoms with Crippen LogP contribution < -0.4 is 4.72 Å². The average Bonchev–Trinajstić information content (AvgIpc) is 2.95. The zero-order valence-electron chi connectivity index (χ0n) is 12.2. The highest BCUT2D eigenvalue weighted by molar-refractivity contribution is 7.89. The first-order chi connectivity index (χ1) is 11.2. The second-order valence-corrected chi connectivity index (χ2v) is 7.26. The molecule has 0 aliphatic heterocycles. The van der Waals surface area contributed by atoms with Gasteiger partial charge < -0.3 is 0 Å². The number of sulfonamides is 1. The lowest BCUT2D eigenvalue weighted by Crippen LogP contribution is -2.31. The Bertz CT molecular complexity index is 861. The first-order valence-corrected chi connectivity index (χ1v) is 8.57. The number of halogens is 4. The smallest absolute Gasteiger partial charge is 0.282 e. The van der Waals surface area contributed by atoms with Crippen LogP contribution in [-0.2, 0) is 22.6 Å². The molecule has 130 valence electrons. The van der Waals surface area contributed by atoms with Crippen molar-refractivity contribution in [2.24, 2.45) is 0 Å². The van der Waals surface area contributed by atoms with Gasteiger partial charge in [0, 0.05) is 11.3 Å². The summed E-state index contributed by atoms with van der Waals surface area (Å²) in [6.07, 6.45) is -1.47. The van der Waals surface area contributed by atoms with E-state index in [2.05, 4.69) is 14.9 Å². The van der Waals surface area contributed by atoms with Crippen LogP contribution in [0.25, 0.3) is 0 Å². The first-order valence-electron chi connectivity index (χ1n) is 7.09. The Hall–Kier alpha value is -1.94. The van der Waals surface area contributed by atoms with Crippen LogP contribution in [0.5, 0.6) is 0 Å². The van der Waals surface area contributed by atoms with Crippen LogP contribution >= 0.6 is 0 Å². The standard InChI is InChI=1S/C14H13F4N3O2S/c15-9-4-8(14(16,17)18)5-10(6-9)24(22,23)21-13-3-1-2-12-11(13)7-19-20-12/h4-7,13,21H,1-3H2,(H,19,20). The third-order valence-electron chi connectivity index (χ3n) is 3.85. The minimum absolute atomic E-state index is 0.258. The van der Waals surface area contributed by atoms with E-state index in [4.69, 9.17) is 0 Å². The maximum Gasteiger partial charge on any atom is 0.416 e. The van der Waals surface area contributed by atoms with Crippen molar-refractivity contribution in [2.75, 3.05) is 0 Å². The maximum atomic E-state index is 13.4. The number of hydrogen-bond donors (Lipinski definition) is 2. The van der Waals surface area contributed by atoms with Crippen LogP contribution in [0.15, 0.2) is 29.3 Å². The molecule has 1 heterocycles. The minimum Gasteiger partial charge on any atom is -0.282 e. The maximum absolute atomic E-state index is 13.4. The molecule has 0 saturated carbocycles. The number of alkyl halides is 3. The van der Waals surface area contributed by atoms with Crippen LogP contribution in [-0.4, -0.2) is 18.6 Å². The van der Waals surface area contributed by atoms with Crippen molar-refractivity contribution >= 4 is 10.0 Å². The summed E-state index contributed by atoms with van der Waals surface area (Å²) in [5.41, 5.74) is 0.0805. The molecule has 1 unspecified atom stereocenters. The number of rotatable bonds is 3. The average molecular weight is 363 g/mol. The van der Waals surface area contributed by atoms with Crippen LogP contribution in [0.2, 0.25) is 0 Å². The molecular weight excluding hydrogens is 350 g/mol. The second-order valence-electron chi connectivity index (χ2n) is 5.54. The van der Waals surface area contributed by atoms with E-state index in [0.717, 1.165) is 5.69 Å². The molecular formula is C14H13F4N3O2S. The molecule has 0 bridgehead atoms. The number of aryl methyl sites for hydroxylation is 1. The quantitative estimate of drug-likeness (QED) is 0.824. The highest BCUT2D eigenvalue weighted by atomic mass is 32.2. The van der Waals surface area contributed by atoms with Crippen molar-refractivity contribution in [1.29, 1.82) is 0 Å². The molecule has 5 nitrogen and oxygen atoms in total. The van der Waals surface area contributed by atoms with E-state index in [-0.39, 0.29) is 6.07 Å². The van der Waals surface area contributed by atoms with E-state index >= 15 is 0 Å². The Morgan fingerprint density at radius 2 is 2.00 bits per heavy atom. The summed E-state index contributed by atoms with van der Waals surface area (Å²) in [6, 6.07) is 0.629. The minimum atomic E-state index is -4.84. The van der Waals surface area contributed by atoms with Gasteiger partial charge in [-0.15, -0.1) is 0 Å². The highest BCUT2D eigenvalue weighted by Gasteiger charge is 2.34. The molecule has 1 atom stereocenters. The van der Waals surface area contributed by atoms with Crippen LogP contribution in [0.3, 0.4) is 0 Å². The Balaban J connectivity index is 1.94. The molecule has 2 aromatic rings. The number of H-pyrrole nitrogens is 1. The van der Waals surface area contributed by atoms with Gasteiger partial charge in [-0.1, -0.05) is 0 Å². The van der Waals surface area contributed by atoms with Crippen molar-refractivity contribution in [1.82, 2.24) is 14.9 Å². The molecule has 24 heavy (non-hydrogen) atoms. The van der Waals surface area contributed by atoms with Gasteiger partial charge in [-0.05, 0) is 37.5 Å². The molecule has 10 heteroatoms. The number of nitrogens with one attached hydrogen (secondary N) is 2. The summed E-state index contributed by atoms with van der Waals surface area (Å²) in [5.74, 6) is -1.27. The van der Waals surface area contributed by atoms with E-state index < -0.39 is 38.5 Å². The molecule has 0 saturated heterocycles. The SMILES string of the molecule is O=S(=O)(NC1CCCc2[nH]ncc21)c1cc(F)cc(C(F)(F)F)c1. The number of aromatic amines is 1. The number of nitrogens with zero attached hydrogens (tertiary/aromatic N) is 1. The van der Waals surface area contributed by atoms with E-state index in [9.17, 15) is 26.0 Å². The molecule has 3 rings (SSSR count). The first kappa shape index (κ1) is 16.9. The van der Waals surface area contributed by atoms with E-state index in [0.29, 0.717) is 37.0 Å². The van der Waals surface area contributed by atoms with Gasteiger partial charge in [-0.3, -0.25) is 5.10 Å². The van der Waals surface area contributed by atoms with Gasteiger partial charge in [0.25, 0.3) is 0 Å². The molecule has 1 aromatic carbocycles. The normalized spacial score (nSPS) is 18.4. The predicted octanol–water partition coefficient (Wildman–Crippen LogP) is 2.92. The summed E-state index contributed by atoms with van der Waals surface area (Å²) in [5, 5.41) is 6.61. The van der Waals surface area contributed by atoms with Crippen molar-refractivity contribution < 1.29 is 26.0 Å². The topological polar surface area (TPSA) is 74.8 Å². The molecule has 1 aromatic heterocycles.